The Morgan fingerprint density at radius 3 is 1.74 bits per heavy atom. The largest absolute Gasteiger partial charge is 0.372 e. The van der Waals surface area contributed by atoms with Gasteiger partial charge in [-0.2, -0.15) is 0 Å². The van der Waals surface area contributed by atoms with Gasteiger partial charge in [-0.25, -0.2) is 0 Å². The predicted octanol–water partition coefficient (Wildman–Crippen LogP) is 6.55. The molecule has 27 heavy (non-hydrogen) atoms. The number of benzene rings is 2. The molecule has 0 heterocycles. The number of primary amides is 1. The van der Waals surface area contributed by atoms with Crippen LogP contribution in [0.2, 0.25) is 0 Å². The van der Waals surface area contributed by atoms with E-state index in [4.69, 9.17) is 4.79 Å². The molecule has 2 aliphatic rings. The first-order valence-corrected chi connectivity index (χ1v) is 10.7. The van der Waals surface area contributed by atoms with Crippen molar-refractivity contribution in [1.82, 2.24) is 0 Å². The number of carbonyl (C=O) groups is 1. The van der Waals surface area contributed by atoms with Crippen molar-refractivity contribution < 1.29 is 4.79 Å². The molecule has 0 bridgehead atoms. The van der Waals surface area contributed by atoms with Gasteiger partial charge >= 0.3 is 0 Å². The SMILES string of the molecule is NC=O.c1ccc(-c2ccc(C3CCCCC3)c(C3CCCCC3)c2)cc1. The van der Waals surface area contributed by atoms with E-state index in [2.05, 4.69) is 54.3 Å². The second-order valence-electron chi connectivity index (χ2n) is 8.02. The third-order valence-corrected chi connectivity index (χ3v) is 6.28. The molecule has 2 heteroatoms. The van der Waals surface area contributed by atoms with Crippen LogP contribution in [-0.2, 0) is 4.79 Å². The van der Waals surface area contributed by atoms with Crippen LogP contribution in [0.15, 0.2) is 48.5 Å². The van der Waals surface area contributed by atoms with Gasteiger partial charge in [0.1, 0.15) is 0 Å². The van der Waals surface area contributed by atoms with Crippen LogP contribution in [0.3, 0.4) is 0 Å². The number of nitrogens with two attached hydrogens (primary N) is 1. The maximum absolute atomic E-state index is 8.58. The van der Waals surface area contributed by atoms with E-state index in [0.717, 1.165) is 11.8 Å². The molecule has 0 aliphatic heterocycles. The predicted molar refractivity (Wildman–Crippen MR) is 114 cm³/mol. The number of amides is 1. The average Bonchev–Trinajstić information content (AvgIpc) is 2.76. The van der Waals surface area contributed by atoms with Gasteiger partial charge in [0, 0.05) is 0 Å². The smallest absolute Gasteiger partial charge is 0.204 e. The molecule has 2 aromatic rings. The second-order valence-corrected chi connectivity index (χ2v) is 8.02. The van der Waals surface area contributed by atoms with Gasteiger partial charge in [0.25, 0.3) is 0 Å². The monoisotopic (exact) mass is 363 g/mol. The highest BCUT2D eigenvalue weighted by atomic mass is 16.1. The normalized spacial score (nSPS) is 18.4. The molecule has 2 saturated carbocycles. The molecular weight excluding hydrogens is 330 g/mol. The Bertz CT molecular complexity index is 698. The van der Waals surface area contributed by atoms with E-state index < -0.39 is 0 Å². The first-order valence-electron chi connectivity index (χ1n) is 10.7. The number of hydrogen-bond donors (Lipinski definition) is 1. The molecule has 0 atom stereocenters. The van der Waals surface area contributed by atoms with E-state index >= 15 is 0 Å². The molecule has 0 unspecified atom stereocenters. The maximum atomic E-state index is 8.58. The molecule has 1 amide bonds. The van der Waals surface area contributed by atoms with Gasteiger partial charge in [-0.05, 0) is 59.8 Å². The molecule has 2 aromatic carbocycles. The van der Waals surface area contributed by atoms with Crippen molar-refractivity contribution in [3.63, 3.8) is 0 Å². The minimum atomic E-state index is 0.250. The molecule has 0 radical (unpaired) electrons. The van der Waals surface area contributed by atoms with Gasteiger partial charge in [0.05, 0.1) is 0 Å². The number of hydrogen-bond acceptors (Lipinski definition) is 1. The minimum absolute atomic E-state index is 0.250. The van der Waals surface area contributed by atoms with E-state index in [-0.39, 0.29) is 6.41 Å². The highest BCUT2D eigenvalue weighted by molar-refractivity contribution is 5.65. The first-order chi connectivity index (χ1) is 13.3. The molecule has 144 valence electrons. The zero-order valence-corrected chi connectivity index (χ0v) is 16.4. The van der Waals surface area contributed by atoms with Gasteiger partial charge in [-0.1, -0.05) is 87.1 Å². The standard InChI is InChI=1S/C24H30.CH3NO/c1-4-10-19(11-5-1)22-16-17-23(20-12-6-2-7-13-20)24(18-22)21-14-8-3-9-15-21;2-1-3/h1,4-5,10-11,16-18,20-21H,2-3,6-9,12-15H2;1H,(H2,2,3). The van der Waals surface area contributed by atoms with Crippen molar-refractivity contribution >= 4 is 6.41 Å². The van der Waals surface area contributed by atoms with Crippen molar-refractivity contribution in [2.24, 2.45) is 5.73 Å². The number of rotatable bonds is 3. The third-order valence-electron chi connectivity index (χ3n) is 6.28. The fraction of sp³-hybridized carbons (Fsp3) is 0.480. The summed E-state index contributed by atoms with van der Waals surface area (Å²) in [5.41, 5.74) is 10.3. The lowest BCUT2D eigenvalue weighted by molar-refractivity contribution is -0.106. The van der Waals surface area contributed by atoms with Crippen LogP contribution in [0.5, 0.6) is 0 Å². The molecule has 0 spiro atoms. The van der Waals surface area contributed by atoms with Gasteiger partial charge in [-0.3, -0.25) is 4.79 Å². The lowest BCUT2D eigenvalue weighted by Crippen LogP contribution is -2.12. The Balaban J connectivity index is 0.000000659. The molecule has 0 aromatic heterocycles. The summed E-state index contributed by atoms with van der Waals surface area (Å²) in [6, 6.07) is 18.3. The van der Waals surface area contributed by atoms with Crippen LogP contribution in [0, 0.1) is 0 Å². The summed E-state index contributed by atoms with van der Waals surface area (Å²) < 4.78 is 0. The van der Waals surface area contributed by atoms with E-state index in [1.165, 1.54) is 75.3 Å². The summed E-state index contributed by atoms with van der Waals surface area (Å²) in [7, 11) is 0. The summed E-state index contributed by atoms with van der Waals surface area (Å²) in [6.07, 6.45) is 14.4. The van der Waals surface area contributed by atoms with Gasteiger partial charge in [-0.15, -0.1) is 0 Å². The maximum Gasteiger partial charge on any atom is 0.204 e. The van der Waals surface area contributed by atoms with E-state index in [1.807, 2.05) is 0 Å². The quantitative estimate of drug-likeness (QED) is 0.617. The van der Waals surface area contributed by atoms with Crippen LogP contribution in [0.4, 0.5) is 0 Å². The molecular formula is C25H33NO. The fourth-order valence-electron chi connectivity index (χ4n) is 4.94. The third kappa shape index (κ3) is 5.22. The summed E-state index contributed by atoms with van der Waals surface area (Å²) in [5, 5.41) is 0. The van der Waals surface area contributed by atoms with Crippen molar-refractivity contribution in [3.05, 3.63) is 59.7 Å². The second kappa shape index (κ2) is 10.3. The lowest BCUT2D eigenvalue weighted by atomic mass is 9.75. The van der Waals surface area contributed by atoms with Crippen LogP contribution in [0.25, 0.3) is 11.1 Å². The average molecular weight is 364 g/mol. The van der Waals surface area contributed by atoms with Gasteiger partial charge < -0.3 is 5.73 Å². The van der Waals surface area contributed by atoms with Crippen molar-refractivity contribution in [3.8, 4) is 11.1 Å². The first kappa shape index (κ1) is 19.7. The molecule has 2 fully saturated rings. The highest BCUT2D eigenvalue weighted by Crippen LogP contribution is 2.42. The molecule has 2 aliphatic carbocycles. The molecule has 4 rings (SSSR count). The topological polar surface area (TPSA) is 43.1 Å². The van der Waals surface area contributed by atoms with Gasteiger partial charge in [0.15, 0.2) is 0 Å². The number of carbonyl (C=O) groups excluding carboxylic acids is 1. The van der Waals surface area contributed by atoms with E-state index in [9.17, 15) is 0 Å². The summed E-state index contributed by atoms with van der Waals surface area (Å²) in [6.45, 7) is 0. The Kier molecular flexibility index (Phi) is 7.50. The van der Waals surface area contributed by atoms with Crippen LogP contribution < -0.4 is 5.73 Å². The fourth-order valence-corrected chi connectivity index (χ4v) is 4.94. The zero-order valence-electron chi connectivity index (χ0n) is 16.4. The Hall–Kier alpha value is -2.09. The Morgan fingerprint density at radius 2 is 1.19 bits per heavy atom. The van der Waals surface area contributed by atoms with Gasteiger partial charge in [0.2, 0.25) is 6.41 Å². The van der Waals surface area contributed by atoms with E-state index in [1.54, 1.807) is 11.1 Å². The van der Waals surface area contributed by atoms with Crippen LogP contribution in [-0.4, -0.2) is 6.41 Å². The Labute approximate surface area is 164 Å². The van der Waals surface area contributed by atoms with Crippen molar-refractivity contribution in [2.45, 2.75) is 76.0 Å². The highest BCUT2D eigenvalue weighted by Gasteiger charge is 2.24. The summed E-state index contributed by atoms with van der Waals surface area (Å²) >= 11 is 0. The van der Waals surface area contributed by atoms with Crippen molar-refractivity contribution in [1.29, 1.82) is 0 Å². The molecule has 0 saturated heterocycles. The molecule has 2 N–H and O–H groups in total. The van der Waals surface area contributed by atoms with E-state index in [0.29, 0.717) is 0 Å². The van der Waals surface area contributed by atoms with Crippen LogP contribution in [0.1, 0.15) is 87.2 Å². The van der Waals surface area contributed by atoms with Crippen molar-refractivity contribution in [2.75, 3.05) is 0 Å². The Morgan fingerprint density at radius 1 is 0.667 bits per heavy atom. The summed E-state index contributed by atoms with van der Waals surface area (Å²) in [4.78, 5) is 8.58. The lowest BCUT2D eigenvalue weighted by Gasteiger charge is -2.30. The molecule has 2 nitrogen and oxygen atoms in total. The zero-order chi connectivity index (χ0) is 18.9. The van der Waals surface area contributed by atoms with Crippen LogP contribution >= 0.6 is 0 Å². The minimum Gasteiger partial charge on any atom is -0.372 e. The summed E-state index contributed by atoms with van der Waals surface area (Å²) in [5.74, 6) is 1.62.